The van der Waals surface area contributed by atoms with Crippen molar-refractivity contribution in [2.45, 2.75) is 18.9 Å². The average Bonchev–Trinajstić information content (AvgIpc) is 2.18. The van der Waals surface area contributed by atoms with Gasteiger partial charge in [-0.25, -0.2) is 0 Å². The van der Waals surface area contributed by atoms with Gasteiger partial charge in [-0.3, -0.25) is 4.79 Å². The van der Waals surface area contributed by atoms with Crippen LogP contribution in [0.3, 0.4) is 0 Å². The first-order chi connectivity index (χ1) is 5.11. The molecule has 1 atom stereocenters. The van der Waals surface area contributed by atoms with Gasteiger partial charge >= 0.3 is 0 Å². The van der Waals surface area contributed by atoms with Crippen LogP contribution in [0.5, 0.6) is 0 Å². The maximum atomic E-state index is 11.1. The van der Waals surface area contributed by atoms with Crippen molar-refractivity contribution in [3.05, 3.63) is 0 Å². The topological polar surface area (TPSA) is 23.6 Å². The van der Waals surface area contributed by atoms with Crippen LogP contribution < -0.4 is 0 Å². The minimum Gasteiger partial charge on any atom is -0.341 e. The molecule has 0 aromatic carbocycles. The lowest BCUT2D eigenvalue weighted by molar-refractivity contribution is -0.127. The minimum atomic E-state index is 0.289. The van der Waals surface area contributed by atoms with Crippen LogP contribution in [-0.2, 0) is 4.79 Å². The van der Waals surface area contributed by atoms with Crippen molar-refractivity contribution in [1.29, 1.82) is 0 Å². The number of carbonyl (C=O) groups is 1. The molecule has 1 heterocycles. The van der Waals surface area contributed by atoms with Crippen LogP contribution in [0.1, 0.15) is 12.8 Å². The van der Waals surface area contributed by atoms with Gasteiger partial charge < -0.3 is 9.80 Å². The first kappa shape index (κ1) is 8.53. The largest absolute Gasteiger partial charge is 0.341 e. The lowest BCUT2D eigenvalue weighted by atomic mass is 10.2. The van der Waals surface area contributed by atoms with E-state index in [4.69, 9.17) is 0 Å². The van der Waals surface area contributed by atoms with Crippen molar-refractivity contribution in [2.24, 2.45) is 0 Å². The zero-order chi connectivity index (χ0) is 8.43. The lowest BCUT2D eigenvalue weighted by Crippen LogP contribution is -2.36. The Morgan fingerprint density at radius 2 is 2.27 bits per heavy atom. The summed E-state index contributed by atoms with van der Waals surface area (Å²) in [7, 11) is 5.97. The van der Waals surface area contributed by atoms with Crippen LogP contribution in [0.2, 0.25) is 0 Å². The molecule has 11 heavy (non-hydrogen) atoms. The molecule has 0 N–H and O–H groups in total. The van der Waals surface area contributed by atoms with E-state index in [1.807, 2.05) is 26.0 Å². The summed E-state index contributed by atoms with van der Waals surface area (Å²) in [5.41, 5.74) is 0. The van der Waals surface area contributed by atoms with Crippen molar-refractivity contribution in [2.75, 3.05) is 27.7 Å². The fraction of sp³-hybridized carbons (Fsp3) is 0.875. The van der Waals surface area contributed by atoms with E-state index in [2.05, 4.69) is 4.90 Å². The second kappa shape index (κ2) is 3.22. The molecule has 3 heteroatoms. The van der Waals surface area contributed by atoms with Crippen LogP contribution in [0.4, 0.5) is 0 Å². The van der Waals surface area contributed by atoms with Gasteiger partial charge in [0.2, 0.25) is 5.91 Å². The molecule has 1 aliphatic heterocycles. The van der Waals surface area contributed by atoms with Gasteiger partial charge in [-0.05, 0) is 20.5 Å². The molecule has 0 spiro atoms. The Labute approximate surface area is 68.0 Å². The summed E-state index contributed by atoms with van der Waals surface area (Å²) in [5.74, 6) is 0.289. The average molecular weight is 156 g/mol. The highest BCUT2D eigenvalue weighted by Crippen LogP contribution is 2.16. The zero-order valence-electron chi connectivity index (χ0n) is 7.50. The van der Waals surface area contributed by atoms with Crippen molar-refractivity contribution < 1.29 is 4.79 Å². The number of amides is 1. The summed E-state index contributed by atoms with van der Waals surface area (Å²) in [5, 5.41) is 0. The third-order valence-electron chi connectivity index (χ3n) is 2.21. The summed E-state index contributed by atoms with van der Waals surface area (Å²) >= 11 is 0. The van der Waals surface area contributed by atoms with Gasteiger partial charge in [-0.2, -0.15) is 0 Å². The molecule has 0 radical (unpaired) electrons. The number of nitrogens with zero attached hydrogens (tertiary/aromatic N) is 2. The molecule has 1 fully saturated rings. The third kappa shape index (κ3) is 1.93. The maximum absolute atomic E-state index is 11.1. The summed E-state index contributed by atoms with van der Waals surface area (Å²) in [4.78, 5) is 15.1. The van der Waals surface area contributed by atoms with E-state index in [1.165, 1.54) is 0 Å². The van der Waals surface area contributed by atoms with Gasteiger partial charge in [-0.1, -0.05) is 0 Å². The highest BCUT2D eigenvalue weighted by Gasteiger charge is 2.27. The molecule has 1 saturated heterocycles. The van der Waals surface area contributed by atoms with Gasteiger partial charge in [0, 0.05) is 26.1 Å². The van der Waals surface area contributed by atoms with E-state index in [0.29, 0.717) is 6.04 Å². The SMILES string of the molecule is CN(C)CC1CCC(=O)N1C. The molecule has 1 amide bonds. The Bertz CT molecular complexity index is 156. The Balaban J connectivity index is 2.42. The maximum Gasteiger partial charge on any atom is 0.222 e. The summed E-state index contributed by atoms with van der Waals surface area (Å²) < 4.78 is 0. The van der Waals surface area contributed by atoms with E-state index in [0.717, 1.165) is 19.4 Å². The molecule has 0 aromatic heterocycles. The molecule has 0 saturated carbocycles. The quantitative estimate of drug-likeness (QED) is 0.569. The van der Waals surface area contributed by atoms with Gasteiger partial charge in [0.15, 0.2) is 0 Å². The summed E-state index contributed by atoms with van der Waals surface area (Å²) in [6.45, 7) is 0.988. The molecule has 1 unspecified atom stereocenters. The summed E-state index contributed by atoms with van der Waals surface area (Å²) in [6, 6.07) is 0.442. The molecular weight excluding hydrogens is 140 g/mol. The van der Waals surface area contributed by atoms with Crippen LogP contribution in [0.25, 0.3) is 0 Å². The first-order valence-electron chi connectivity index (χ1n) is 4.01. The first-order valence-corrected chi connectivity index (χ1v) is 4.01. The highest BCUT2D eigenvalue weighted by molar-refractivity contribution is 5.78. The standard InChI is InChI=1S/C8H16N2O/c1-9(2)6-7-4-5-8(11)10(7)3/h7H,4-6H2,1-3H3. The van der Waals surface area contributed by atoms with E-state index >= 15 is 0 Å². The second-order valence-electron chi connectivity index (χ2n) is 3.46. The number of rotatable bonds is 2. The van der Waals surface area contributed by atoms with E-state index in [9.17, 15) is 4.79 Å². The third-order valence-corrected chi connectivity index (χ3v) is 2.21. The number of likely N-dealkylation sites (tertiary alicyclic amines) is 1. The minimum absolute atomic E-state index is 0.289. The second-order valence-corrected chi connectivity index (χ2v) is 3.46. The predicted octanol–water partition coefficient (Wildman–Crippen LogP) is 0.169. The number of hydrogen-bond acceptors (Lipinski definition) is 2. The van der Waals surface area contributed by atoms with Crippen LogP contribution in [0.15, 0.2) is 0 Å². The Kier molecular flexibility index (Phi) is 2.49. The van der Waals surface area contributed by atoms with Gasteiger partial charge in [0.25, 0.3) is 0 Å². The van der Waals surface area contributed by atoms with Gasteiger partial charge in [0.05, 0.1) is 0 Å². The van der Waals surface area contributed by atoms with Crippen molar-refractivity contribution in [1.82, 2.24) is 9.80 Å². The predicted molar refractivity (Wildman–Crippen MR) is 44.3 cm³/mol. The Hall–Kier alpha value is -0.570. The van der Waals surface area contributed by atoms with Crippen LogP contribution in [0, 0.1) is 0 Å². The molecule has 0 bridgehead atoms. The fourth-order valence-corrected chi connectivity index (χ4v) is 1.50. The Morgan fingerprint density at radius 3 is 2.64 bits per heavy atom. The molecule has 0 aliphatic carbocycles. The molecule has 64 valence electrons. The normalized spacial score (nSPS) is 25.3. The van der Waals surface area contributed by atoms with Crippen molar-refractivity contribution in [3.63, 3.8) is 0 Å². The number of hydrogen-bond donors (Lipinski definition) is 0. The smallest absolute Gasteiger partial charge is 0.222 e. The lowest BCUT2D eigenvalue weighted by Gasteiger charge is -2.22. The number of carbonyl (C=O) groups excluding carboxylic acids is 1. The van der Waals surface area contributed by atoms with E-state index in [-0.39, 0.29) is 5.91 Å². The van der Waals surface area contributed by atoms with Crippen molar-refractivity contribution in [3.8, 4) is 0 Å². The zero-order valence-corrected chi connectivity index (χ0v) is 7.50. The van der Waals surface area contributed by atoms with Gasteiger partial charge in [-0.15, -0.1) is 0 Å². The van der Waals surface area contributed by atoms with Gasteiger partial charge in [0.1, 0.15) is 0 Å². The summed E-state index contributed by atoms with van der Waals surface area (Å²) in [6.07, 6.45) is 1.75. The van der Waals surface area contributed by atoms with E-state index < -0.39 is 0 Å². The molecule has 1 aliphatic rings. The molecule has 3 nitrogen and oxygen atoms in total. The fourth-order valence-electron chi connectivity index (χ4n) is 1.50. The van der Waals surface area contributed by atoms with Crippen LogP contribution >= 0.6 is 0 Å². The van der Waals surface area contributed by atoms with Crippen molar-refractivity contribution >= 4 is 5.91 Å². The molecule has 0 aromatic rings. The molecular formula is C8H16N2O. The highest BCUT2D eigenvalue weighted by atomic mass is 16.2. The Morgan fingerprint density at radius 1 is 1.64 bits per heavy atom. The van der Waals surface area contributed by atoms with Crippen LogP contribution in [-0.4, -0.2) is 49.4 Å². The monoisotopic (exact) mass is 156 g/mol. The van der Waals surface area contributed by atoms with E-state index in [1.54, 1.807) is 0 Å². The number of likely N-dealkylation sites (N-methyl/N-ethyl adjacent to an activating group) is 2. The molecule has 1 rings (SSSR count).